The molecule has 1 fully saturated rings. The van der Waals surface area contributed by atoms with Crippen LogP contribution in [0.25, 0.3) is 21.3 Å². The highest BCUT2D eigenvalue weighted by atomic mass is 32.1. The van der Waals surface area contributed by atoms with Crippen molar-refractivity contribution in [3.63, 3.8) is 0 Å². The molecule has 0 amide bonds. The molecule has 2 aromatic carbocycles. The molecule has 2 unspecified atom stereocenters. The third kappa shape index (κ3) is 2.65. The Hall–Kier alpha value is -2.50. The molecule has 124 valence electrons. The Morgan fingerprint density at radius 3 is 2.68 bits per heavy atom. The number of hydrogen-bond acceptors (Lipinski definition) is 4. The van der Waals surface area contributed by atoms with Crippen LogP contribution in [-0.2, 0) is 0 Å². The van der Waals surface area contributed by atoms with Gasteiger partial charge in [-0.3, -0.25) is 5.10 Å². The van der Waals surface area contributed by atoms with E-state index in [2.05, 4.69) is 64.0 Å². The zero-order chi connectivity index (χ0) is 16.6. The van der Waals surface area contributed by atoms with Crippen molar-refractivity contribution in [3.05, 3.63) is 71.5 Å². The molecular weight excluding hydrogens is 328 g/mol. The molecule has 5 heteroatoms. The van der Waals surface area contributed by atoms with E-state index >= 15 is 0 Å². The maximum absolute atomic E-state index is 4.95. The molecule has 2 aromatic heterocycles. The van der Waals surface area contributed by atoms with Gasteiger partial charge in [-0.05, 0) is 23.3 Å². The molecule has 5 rings (SSSR count). The van der Waals surface area contributed by atoms with E-state index in [9.17, 15) is 0 Å². The van der Waals surface area contributed by atoms with Gasteiger partial charge in [0.15, 0.2) is 0 Å². The molecule has 1 aliphatic rings. The monoisotopic (exact) mass is 346 g/mol. The van der Waals surface area contributed by atoms with Gasteiger partial charge in [0.05, 0.1) is 21.4 Å². The summed E-state index contributed by atoms with van der Waals surface area (Å²) in [6.07, 6.45) is 3.78. The van der Waals surface area contributed by atoms with Crippen molar-refractivity contribution in [2.24, 2.45) is 0 Å². The fourth-order valence-corrected chi connectivity index (χ4v) is 4.85. The van der Waals surface area contributed by atoms with Crippen LogP contribution in [0.15, 0.2) is 60.9 Å². The highest BCUT2D eigenvalue weighted by Crippen LogP contribution is 2.39. The predicted octanol–water partition coefficient (Wildman–Crippen LogP) is 4.16. The topological polar surface area (TPSA) is 53.6 Å². The summed E-state index contributed by atoms with van der Waals surface area (Å²) in [5.74, 6) is 0.937. The number of benzene rings is 2. The molecule has 25 heavy (non-hydrogen) atoms. The molecule has 0 spiro atoms. The summed E-state index contributed by atoms with van der Waals surface area (Å²) in [6.45, 7) is 2.01. The molecule has 1 saturated heterocycles. The highest BCUT2D eigenvalue weighted by molar-refractivity contribution is 7.18. The number of hydrogen-bond donors (Lipinski definition) is 2. The predicted molar refractivity (Wildman–Crippen MR) is 102 cm³/mol. The van der Waals surface area contributed by atoms with Gasteiger partial charge in [0.25, 0.3) is 0 Å². The summed E-state index contributed by atoms with van der Waals surface area (Å²) >= 11 is 1.82. The van der Waals surface area contributed by atoms with Gasteiger partial charge >= 0.3 is 0 Å². The second kappa shape index (κ2) is 6.10. The average Bonchev–Trinajstić information content (AvgIpc) is 3.40. The second-order valence-corrected chi connectivity index (χ2v) is 7.57. The van der Waals surface area contributed by atoms with Crippen LogP contribution in [0, 0.1) is 0 Å². The van der Waals surface area contributed by atoms with E-state index in [0.717, 1.165) is 24.2 Å². The maximum Gasteiger partial charge on any atom is 0.0988 e. The molecule has 0 aliphatic carbocycles. The third-order valence-corrected chi connectivity index (χ3v) is 6.15. The van der Waals surface area contributed by atoms with Gasteiger partial charge in [-0.15, -0.1) is 11.3 Å². The molecule has 2 atom stereocenters. The Bertz CT molecular complexity index is 991. The average molecular weight is 346 g/mol. The molecule has 4 aromatic rings. The summed E-state index contributed by atoms with van der Waals surface area (Å²) in [7, 11) is 0. The Labute approximate surface area is 149 Å². The van der Waals surface area contributed by atoms with Gasteiger partial charge < -0.3 is 5.32 Å². The van der Waals surface area contributed by atoms with Gasteiger partial charge in [0.2, 0.25) is 0 Å². The summed E-state index contributed by atoms with van der Waals surface area (Å²) in [5.41, 5.74) is 4.78. The number of fused-ring (bicyclic) bond motifs is 1. The maximum atomic E-state index is 4.95. The first kappa shape index (κ1) is 14.8. The number of thiazole rings is 1. The van der Waals surface area contributed by atoms with Crippen molar-refractivity contribution < 1.29 is 0 Å². The minimum Gasteiger partial charge on any atom is -0.315 e. The van der Waals surface area contributed by atoms with Crippen LogP contribution in [0.2, 0.25) is 0 Å². The Balaban J connectivity index is 1.52. The Morgan fingerprint density at radius 2 is 1.84 bits per heavy atom. The van der Waals surface area contributed by atoms with Gasteiger partial charge in [-0.2, -0.15) is 5.10 Å². The minimum absolute atomic E-state index is 0.442. The van der Waals surface area contributed by atoms with Crippen LogP contribution in [0.4, 0.5) is 0 Å². The van der Waals surface area contributed by atoms with Crippen LogP contribution in [0.1, 0.15) is 22.4 Å². The highest BCUT2D eigenvalue weighted by Gasteiger charge is 2.31. The Morgan fingerprint density at radius 1 is 0.960 bits per heavy atom. The number of aromatic nitrogens is 3. The van der Waals surface area contributed by atoms with E-state index in [1.54, 1.807) is 0 Å². The van der Waals surface area contributed by atoms with E-state index in [1.165, 1.54) is 20.8 Å². The number of nitrogens with zero attached hydrogens (tertiary/aromatic N) is 2. The van der Waals surface area contributed by atoms with Crippen molar-refractivity contribution in [1.29, 1.82) is 0 Å². The Kier molecular flexibility index (Phi) is 3.61. The second-order valence-electron chi connectivity index (χ2n) is 6.50. The summed E-state index contributed by atoms with van der Waals surface area (Å²) in [4.78, 5) is 4.95. The molecule has 1 aliphatic heterocycles. The van der Waals surface area contributed by atoms with E-state index in [1.807, 2.05) is 23.7 Å². The SMILES string of the molecule is c1ccc(C2CNCC2c2nc3ccc(-c4cn[nH]c4)cc3s2)cc1. The van der Waals surface area contributed by atoms with Gasteiger partial charge in [0, 0.05) is 36.7 Å². The van der Waals surface area contributed by atoms with Crippen LogP contribution >= 0.6 is 11.3 Å². The first-order chi connectivity index (χ1) is 12.4. The largest absolute Gasteiger partial charge is 0.315 e. The van der Waals surface area contributed by atoms with Crippen LogP contribution in [-0.4, -0.2) is 28.3 Å². The number of H-pyrrole nitrogens is 1. The van der Waals surface area contributed by atoms with Gasteiger partial charge in [0.1, 0.15) is 0 Å². The van der Waals surface area contributed by atoms with E-state index in [4.69, 9.17) is 4.98 Å². The molecule has 3 heterocycles. The minimum atomic E-state index is 0.442. The molecule has 0 bridgehead atoms. The van der Waals surface area contributed by atoms with Crippen molar-refractivity contribution in [1.82, 2.24) is 20.5 Å². The lowest BCUT2D eigenvalue weighted by Gasteiger charge is -2.16. The zero-order valence-electron chi connectivity index (χ0n) is 13.6. The van der Waals surface area contributed by atoms with E-state index in [0.29, 0.717) is 11.8 Å². The lowest BCUT2D eigenvalue weighted by Crippen LogP contribution is -2.08. The lowest BCUT2D eigenvalue weighted by molar-refractivity contribution is 0.663. The van der Waals surface area contributed by atoms with Gasteiger partial charge in [-0.1, -0.05) is 36.4 Å². The molecule has 4 nitrogen and oxygen atoms in total. The van der Waals surface area contributed by atoms with Crippen LogP contribution < -0.4 is 5.32 Å². The smallest absolute Gasteiger partial charge is 0.0988 e. The van der Waals surface area contributed by atoms with E-state index in [-0.39, 0.29) is 0 Å². The van der Waals surface area contributed by atoms with Crippen molar-refractivity contribution >= 4 is 21.6 Å². The van der Waals surface area contributed by atoms with Crippen molar-refractivity contribution in [2.75, 3.05) is 13.1 Å². The van der Waals surface area contributed by atoms with Crippen LogP contribution in [0.3, 0.4) is 0 Å². The number of rotatable bonds is 3. The fourth-order valence-electron chi connectivity index (χ4n) is 3.68. The summed E-state index contributed by atoms with van der Waals surface area (Å²) < 4.78 is 1.24. The third-order valence-electron chi connectivity index (χ3n) is 5.00. The fraction of sp³-hybridized carbons (Fsp3) is 0.200. The lowest BCUT2D eigenvalue weighted by atomic mass is 9.89. The molecular formula is C20H18N4S. The summed E-state index contributed by atoms with van der Waals surface area (Å²) in [6, 6.07) is 17.3. The summed E-state index contributed by atoms with van der Waals surface area (Å²) in [5, 5.41) is 11.7. The zero-order valence-corrected chi connectivity index (χ0v) is 14.5. The van der Waals surface area contributed by atoms with E-state index < -0.39 is 0 Å². The standard InChI is InChI=1S/C20H18N4S/c1-2-4-13(5-3-1)16-11-21-12-17(16)20-24-18-7-6-14(8-19(18)25-20)15-9-22-23-10-15/h1-10,16-17,21H,11-12H2,(H,22,23). The molecule has 2 N–H and O–H groups in total. The van der Waals surface area contributed by atoms with Gasteiger partial charge in [-0.25, -0.2) is 4.98 Å². The molecule has 0 saturated carbocycles. The normalized spacial score (nSPS) is 20.3. The number of aromatic amines is 1. The quantitative estimate of drug-likeness (QED) is 0.586. The number of nitrogens with one attached hydrogen (secondary N) is 2. The van der Waals surface area contributed by atoms with Crippen molar-refractivity contribution in [2.45, 2.75) is 11.8 Å². The van der Waals surface area contributed by atoms with Crippen LogP contribution in [0.5, 0.6) is 0 Å². The molecule has 0 radical (unpaired) electrons. The first-order valence-electron chi connectivity index (χ1n) is 8.54. The first-order valence-corrected chi connectivity index (χ1v) is 9.35. The van der Waals surface area contributed by atoms with Crippen molar-refractivity contribution in [3.8, 4) is 11.1 Å².